The lowest BCUT2D eigenvalue weighted by Crippen LogP contribution is -2.53. The molecule has 0 bridgehead atoms. The van der Waals surface area contributed by atoms with Crippen molar-refractivity contribution in [3.8, 4) is 11.3 Å². The van der Waals surface area contributed by atoms with Crippen molar-refractivity contribution in [2.45, 2.75) is 18.6 Å². The molecule has 1 aliphatic rings. The number of piperidine rings is 1. The quantitative estimate of drug-likeness (QED) is 0.653. The van der Waals surface area contributed by atoms with E-state index in [0.717, 1.165) is 6.54 Å². The van der Waals surface area contributed by atoms with Crippen LogP contribution in [-0.4, -0.2) is 46.4 Å². The lowest BCUT2D eigenvalue weighted by Gasteiger charge is -2.29. The van der Waals surface area contributed by atoms with Gasteiger partial charge in [-0.1, -0.05) is 12.1 Å². The van der Waals surface area contributed by atoms with Crippen LogP contribution in [0.25, 0.3) is 11.3 Å². The molecule has 1 aromatic carbocycles. The van der Waals surface area contributed by atoms with E-state index in [-0.39, 0.29) is 42.6 Å². The summed E-state index contributed by atoms with van der Waals surface area (Å²) in [6, 6.07) is 5.59. The van der Waals surface area contributed by atoms with E-state index < -0.39 is 6.10 Å². The van der Waals surface area contributed by atoms with Crippen LogP contribution in [0.1, 0.15) is 16.8 Å². The van der Waals surface area contributed by atoms with Crippen molar-refractivity contribution >= 4 is 30.7 Å². The molecule has 1 saturated heterocycles. The average molecular weight is 377 g/mol. The van der Waals surface area contributed by atoms with Gasteiger partial charge in [0.1, 0.15) is 5.82 Å². The number of halogens is 3. The van der Waals surface area contributed by atoms with Gasteiger partial charge in [-0.3, -0.25) is 9.89 Å². The Kier molecular flexibility index (Phi) is 7.62. The van der Waals surface area contributed by atoms with Crippen LogP contribution < -0.4 is 10.6 Å². The Balaban J connectivity index is 0.00000144. The highest BCUT2D eigenvalue weighted by Gasteiger charge is 2.26. The molecule has 0 aliphatic carbocycles. The maximum absolute atomic E-state index is 13.3. The third kappa shape index (κ3) is 4.45. The molecule has 1 aromatic heterocycles. The number of aromatic nitrogens is 2. The lowest BCUT2D eigenvalue weighted by molar-refractivity contribution is 0.0755. The number of benzene rings is 1. The number of nitrogens with zero attached hydrogens (tertiary/aromatic N) is 1. The van der Waals surface area contributed by atoms with Gasteiger partial charge >= 0.3 is 0 Å². The number of nitrogens with one attached hydrogen (secondary N) is 3. The predicted octanol–water partition coefficient (Wildman–Crippen LogP) is 1.51. The topological polar surface area (TPSA) is 90.0 Å². The van der Waals surface area contributed by atoms with E-state index in [9.17, 15) is 14.3 Å². The summed E-state index contributed by atoms with van der Waals surface area (Å²) >= 11 is 0. The number of carbonyl (C=O) groups excluding carboxylic acids is 1. The fourth-order valence-corrected chi connectivity index (χ4v) is 2.56. The van der Waals surface area contributed by atoms with Gasteiger partial charge in [0, 0.05) is 12.1 Å². The molecule has 3 rings (SSSR count). The second kappa shape index (κ2) is 8.98. The van der Waals surface area contributed by atoms with Gasteiger partial charge in [0.05, 0.1) is 29.6 Å². The van der Waals surface area contributed by atoms with E-state index in [1.54, 1.807) is 12.1 Å². The monoisotopic (exact) mass is 376 g/mol. The van der Waals surface area contributed by atoms with E-state index in [1.165, 1.54) is 18.3 Å². The highest BCUT2D eigenvalue weighted by molar-refractivity contribution is 5.99. The Hall–Kier alpha value is -1.67. The average Bonchev–Trinajstić information content (AvgIpc) is 2.99. The van der Waals surface area contributed by atoms with Crippen LogP contribution in [0.3, 0.4) is 0 Å². The van der Waals surface area contributed by atoms with Crippen molar-refractivity contribution in [2.24, 2.45) is 0 Å². The van der Waals surface area contributed by atoms with Gasteiger partial charge in [0.15, 0.2) is 0 Å². The van der Waals surface area contributed by atoms with Crippen LogP contribution in [0.5, 0.6) is 0 Å². The number of aliphatic hydroxyl groups is 1. The predicted molar refractivity (Wildman–Crippen MR) is 93.2 cm³/mol. The maximum Gasteiger partial charge on any atom is 0.255 e. The molecule has 4 N–H and O–H groups in total. The zero-order valence-electron chi connectivity index (χ0n) is 12.7. The van der Waals surface area contributed by atoms with Gasteiger partial charge in [-0.15, -0.1) is 24.8 Å². The van der Waals surface area contributed by atoms with Crippen molar-refractivity contribution in [2.75, 3.05) is 13.1 Å². The summed E-state index contributed by atoms with van der Waals surface area (Å²) in [7, 11) is 0. The molecule has 2 heterocycles. The zero-order valence-corrected chi connectivity index (χ0v) is 14.3. The normalized spacial score (nSPS) is 19.8. The van der Waals surface area contributed by atoms with E-state index in [1.807, 2.05) is 0 Å². The maximum atomic E-state index is 13.3. The number of rotatable bonds is 3. The summed E-state index contributed by atoms with van der Waals surface area (Å²) in [5.41, 5.74) is 1.32. The van der Waals surface area contributed by atoms with Crippen LogP contribution in [0.15, 0.2) is 30.5 Å². The highest BCUT2D eigenvalue weighted by atomic mass is 35.5. The van der Waals surface area contributed by atoms with E-state index in [0.29, 0.717) is 29.8 Å². The fourth-order valence-electron chi connectivity index (χ4n) is 2.56. The number of hydrogen-bond acceptors (Lipinski definition) is 4. The summed E-state index contributed by atoms with van der Waals surface area (Å²) in [5.74, 6) is -0.730. The van der Waals surface area contributed by atoms with E-state index in [2.05, 4.69) is 20.8 Å². The molecule has 1 fully saturated rings. The van der Waals surface area contributed by atoms with Crippen LogP contribution in [-0.2, 0) is 0 Å². The van der Waals surface area contributed by atoms with Crippen LogP contribution >= 0.6 is 24.8 Å². The molecular weight excluding hydrogens is 358 g/mol. The Bertz CT molecular complexity index is 683. The number of carbonyl (C=O) groups is 1. The molecule has 2 atom stereocenters. The number of aromatic amines is 1. The summed E-state index contributed by atoms with van der Waals surface area (Å²) in [4.78, 5) is 12.4. The van der Waals surface area contributed by atoms with Crippen molar-refractivity contribution < 1.29 is 14.3 Å². The molecule has 2 aromatic rings. The van der Waals surface area contributed by atoms with Gasteiger partial charge in [-0.05, 0) is 25.1 Å². The number of aliphatic hydroxyl groups excluding tert-OH is 1. The summed E-state index contributed by atoms with van der Waals surface area (Å²) in [6.07, 6.45) is 1.42. The van der Waals surface area contributed by atoms with Gasteiger partial charge in [-0.25, -0.2) is 4.39 Å². The second-order valence-corrected chi connectivity index (χ2v) is 5.31. The fraction of sp³-hybridized carbons (Fsp3) is 0.333. The first-order valence-corrected chi connectivity index (χ1v) is 7.14. The van der Waals surface area contributed by atoms with Crippen molar-refractivity contribution in [1.82, 2.24) is 20.8 Å². The minimum absolute atomic E-state index is 0. The number of amides is 1. The van der Waals surface area contributed by atoms with Crippen molar-refractivity contribution in [3.05, 3.63) is 41.8 Å². The first-order valence-electron chi connectivity index (χ1n) is 7.14. The first-order chi connectivity index (χ1) is 10.6. The summed E-state index contributed by atoms with van der Waals surface area (Å²) < 4.78 is 13.3. The van der Waals surface area contributed by atoms with Gasteiger partial charge in [0.2, 0.25) is 0 Å². The van der Waals surface area contributed by atoms with Gasteiger partial charge < -0.3 is 15.7 Å². The molecule has 0 saturated carbocycles. The number of H-pyrrole nitrogens is 1. The molecule has 6 nitrogen and oxygen atoms in total. The zero-order chi connectivity index (χ0) is 15.5. The Morgan fingerprint density at radius 2 is 2.17 bits per heavy atom. The van der Waals surface area contributed by atoms with Crippen molar-refractivity contribution in [3.63, 3.8) is 0 Å². The molecule has 0 unspecified atom stereocenters. The third-order valence-corrected chi connectivity index (χ3v) is 3.76. The molecule has 0 radical (unpaired) electrons. The second-order valence-electron chi connectivity index (χ2n) is 5.31. The third-order valence-electron chi connectivity index (χ3n) is 3.76. The lowest BCUT2D eigenvalue weighted by atomic mass is 10.0. The van der Waals surface area contributed by atoms with Crippen molar-refractivity contribution in [1.29, 1.82) is 0 Å². The molecule has 9 heteroatoms. The van der Waals surface area contributed by atoms with Gasteiger partial charge in [-0.2, -0.15) is 5.10 Å². The molecular formula is C15H19Cl2FN4O2. The highest BCUT2D eigenvalue weighted by Crippen LogP contribution is 2.22. The molecule has 1 aliphatic heterocycles. The standard InChI is InChI=1S/C15H17FN4O2.2ClH/c16-10-3-1-2-9(6-10)14-11(7-18-20-14)15(22)19-12-8-17-5-4-13(12)21;;/h1-3,6-7,12-13,17,21H,4-5,8H2,(H,18,20)(H,19,22);2*1H/t12-,13-;;/m1../s1. The first kappa shape index (κ1) is 20.4. The molecule has 24 heavy (non-hydrogen) atoms. The van der Waals surface area contributed by atoms with Crippen LogP contribution in [0.4, 0.5) is 4.39 Å². The van der Waals surface area contributed by atoms with E-state index in [4.69, 9.17) is 0 Å². The Morgan fingerprint density at radius 1 is 1.38 bits per heavy atom. The smallest absolute Gasteiger partial charge is 0.255 e. The molecule has 0 spiro atoms. The minimum atomic E-state index is -0.574. The SMILES string of the molecule is Cl.Cl.O=C(N[C@@H]1CNCC[C@H]1O)c1cn[nH]c1-c1cccc(F)c1. The number of hydrogen-bond donors (Lipinski definition) is 4. The molecule has 132 valence electrons. The van der Waals surface area contributed by atoms with Crippen LogP contribution in [0, 0.1) is 5.82 Å². The summed E-state index contributed by atoms with van der Waals surface area (Å²) in [5, 5.41) is 22.4. The largest absolute Gasteiger partial charge is 0.391 e. The Labute approximate surface area is 151 Å². The van der Waals surface area contributed by atoms with Crippen LogP contribution in [0.2, 0.25) is 0 Å². The Morgan fingerprint density at radius 3 is 2.88 bits per heavy atom. The summed E-state index contributed by atoms with van der Waals surface area (Å²) in [6.45, 7) is 1.24. The minimum Gasteiger partial charge on any atom is -0.391 e. The van der Waals surface area contributed by atoms with Gasteiger partial charge in [0.25, 0.3) is 5.91 Å². The van der Waals surface area contributed by atoms with E-state index >= 15 is 0 Å². The molecule has 1 amide bonds.